The predicted molar refractivity (Wildman–Crippen MR) is 87.4 cm³/mol. The molecule has 1 aromatic heterocycles. The summed E-state index contributed by atoms with van der Waals surface area (Å²) in [5.74, 6) is 0. The fourth-order valence-electron chi connectivity index (χ4n) is 3.46. The zero-order valence-electron chi connectivity index (χ0n) is 14.0. The van der Waals surface area contributed by atoms with Gasteiger partial charge in [-0.25, -0.2) is 0 Å². The second-order valence-electron chi connectivity index (χ2n) is 7.07. The summed E-state index contributed by atoms with van der Waals surface area (Å²) >= 11 is 0. The fraction of sp³-hybridized carbons (Fsp3) is 0.722. The van der Waals surface area contributed by atoms with Crippen molar-refractivity contribution < 1.29 is 4.74 Å². The molecule has 0 aliphatic heterocycles. The molecule has 2 rings (SSSR count). The Balaban J connectivity index is 2.15. The van der Waals surface area contributed by atoms with Crippen molar-refractivity contribution in [3.63, 3.8) is 0 Å². The molecule has 1 saturated carbocycles. The van der Waals surface area contributed by atoms with Crippen LogP contribution in [0.2, 0.25) is 0 Å². The molecule has 0 bridgehead atoms. The molecule has 1 aliphatic rings. The number of aromatic nitrogens is 1. The van der Waals surface area contributed by atoms with Gasteiger partial charge >= 0.3 is 0 Å². The van der Waals surface area contributed by atoms with Crippen molar-refractivity contribution in [2.24, 2.45) is 5.41 Å². The highest BCUT2D eigenvalue weighted by Gasteiger charge is 2.44. The maximum absolute atomic E-state index is 6.07. The zero-order valence-corrected chi connectivity index (χ0v) is 14.0. The summed E-state index contributed by atoms with van der Waals surface area (Å²) in [6.45, 7) is 7.87. The first-order valence-corrected chi connectivity index (χ1v) is 8.20. The van der Waals surface area contributed by atoms with E-state index in [2.05, 4.69) is 43.2 Å². The summed E-state index contributed by atoms with van der Waals surface area (Å²) in [6, 6.07) is 6.48. The highest BCUT2D eigenvalue weighted by molar-refractivity contribution is 5.09. The first-order valence-electron chi connectivity index (χ1n) is 8.20. The maximum Gasteiger partial charge on any atom is 0.0835 e. The minimum atomic E-state index is -0.0525. The smallest absolute Gasteiger partial charge is 0.0835 e. The Bertz CT molecular complexity index is 420. The third-order valence-electron chi connectivity index (χ3n) is 5.08. The molecule has 0 radical (unpaired) electrons. The van der Waals surface area contributed by atoms with Crippen molar-refractivity contribution in [3.05, 3.63) is 30.1 Å². The van der Waals surface area contributed by atoms with Crippen LogP contribution in [0.1, 0.15) is 52.1 Å². The molecule has 3 heteroatoms. The van der Waals surface area contributed by atoms with Gasteiger partial charge in [-0.3, -0.25) is 4.98 Å². The van der Waals surface area contributed by atoms with Crippen LogP contribution in [0.4, 0.5) is 0 Å². The number of hydrogen-bond acceptors (Lipinski definition) is 3. The molecule has 118 valence electrons. The number of methoxy groups -OCH3 is 1. The van der Waals surface area contributed by atoms with Gasteiger partial charge in [0.05, 0.1) is 5.60 Å². The Morgan fingerprint density at radius 3 is 2.48 bits per heavy atom. The Labute approximate surface area is 129 Å². The van der Waals surface area contributed by atoms with Crippen molar-refractivity contribution >= 4 is 0 Å². The Morgan fingerprint density at radius 1 is 1.24 bits per heavy atom. The van der Waals surface area contributed by atoms with Crippen LogP contribution in [-0.4, -0.2) is 30.3 Å². The number of nitrogens with zero attached hydrogens (tertiary/aromatic N) is 1. The molecule has 1 atom stereocenters. The Kier molecular flexibility index (Phi) is 5.39. The van der Waals surface area contributed by atoms with Gasteiger partial charge in [-0.2, -0.15) is 0 Å². The molecule has 0 aromatic carbocycles. The number of ether oxygens (including phenoxy) is 1. The first kappa shape index (κ1) is 16.4. The van der Waals surface area contributed by atoms with E-state index < -0.39 is 0 Å². The van der Waals surface area contributed by atoms with E-state index in [1.54, 1.807) is 0 Å². The minimum Gasteiger partial charge on any atom is -0.377 e. The minimum absolute atomic E-state index is 0.0525. The summed E-state index contributed by atoms with van der Waals surface area (Å²) in [7, 11) is 1.88. The van der Waals surface area contributed by atoms with Crippen LogP contribution in [0.5, 0.6) is 0 Å². The van der Waals surface area contributed by atoms with E-state index >= 15 is 0 Å². The van der Waals surface area contributed by atoms with E-state index in [4.69, 9.17) is 4.74 Å². The lowest BCUT2D eigenvalue weighted by molar-refractivity contribution is -0.0860. The zero-order chi connectivity index (χ0) is 15.3. The summed E-state index contributed by atoms with van der Waals surface area (Å²) in [5, 5.41) is 3.65. The van der Waals surface area contributed by atoms with Crippen LogP contribution in [0.25, 0.3) is 0 Å². The summed E-state index contributed by atoms with van der Waals surface area (Å²) in [4.78, 5) is 4.49. The van der Waals surface area contributed by atoms with E-state index in [0.717, 1.165) is 31.5 Å². The van der Waals surface area contributed by atoms with Crippen LogP contribution in [0, 0.1) is 5.41 Å². The highest BCUT2D eigenvalue weighted by atomic mass is 16.5. The molecule has 3 nitrogen and oxygen atoms in total. The predicted octanol–water partition coefficient (Wildman–Crippen LogP) is 3.59. The van der Waals surface area contributed by atoms with Crippen LogP contribution in [0.3, 0.4) is 0 Å². The number of nitrogens with one attached hydrogen (secondary N) is 1. The third kappa shape index (κ3) is 4.04. The van der Waals surface area contributed by atoms with Gasteiger partial charge in [-0.15, -0.1) is 0 Å². The van der Waals surface area contributed by atoms with Gasteiger partial charge in [-0.1, -0.05) is 26.8 Å². The molecule has 1 aliphatic carbocycles. The number of hydrogen-bond donors (Lipinski definition) is 1. The van der Waals surface area contributed by atoms with Gasteiger partial charge in [0.1, 0.15) is 0 Å². The first-order chi connectivity index (χ1) is 10.0. The second kappa shape index (κ2) is 6.89. The van der Waals surface area contributed by atoms with Crippen molar-refractivity contribution in [2.75, 3.05) is 13.7 Å². The molecule has 1 unspecified atom stereocenters. The van der Waals surface area contributed by atoms with Crippen LogP contribution >= 0.6 is 0 Å². The molecule has 21 heavy (non-hydrogen) atoms. The number of likely N-dealkylation sites (N-methyl/N-ethyl adjacent to an activating group) is 1. The highest BCUT2D eigenvalue weighted by Crippen LogP contribution is 2.43. The SMILES string of the molecule is CCNC(Cc1ccccn1)C1(OC)CCC(C)(C)CC1. The van der Waals surface area contributed by atoms with Crippen molar-refractivity contribution in [3.8, 4) is 0 Å². The van der Waals surface area contributed by atoms with Crippen LogP contribution < -0.4 is 5.32 Å². The van der Waals surface area contributed by atoms with Crippen molar-refractivity contribution in [1.29, 1.82) is 0 Å². The number of rotatable bonds is 6. The molecule has 0 spiro atoms. The van der Waals surface area contributed by atoms with E-state index in [1.807, 2.05) is 19.4 Å². The largest absolute Gasteiger partial charge is 0.377 e. The van der Waals surface area contributed by atoms with Gasteiger partial charge in [0.15, 0.2) is 0 Å². The lowest BCUT2D eigenvalue weighted by Crippen LogP contribution is -2.55. The Morgan fingerprint density at radius 2 is 1.95 bits per heavy atom. The van der Waals surface area contributed by atoms with Gasteiger partial charge in [0.25, 0.3) is 0 Å². The van der Waals surface area contributed by atoms with Gasteiger partial charge in [-0.05, 0) is 49.8 Å². The molecular weight excluding hydrogens is 260 g/mol. The molecular formula is C18H30N2O. The van der Waals surface area contributed by atoms with Crippen molar-refractivity contribution in [2.45, 2.75) is 64.5 Å². The van der Waals surface area contributed by atoms with E-state index in [1.165, 1.54) is 12.8 Å². The standard InChI is InChI=1S/C18H30N2O/c1-5-19-16(14-15-8-6-7-13-20-15)18(21-4)11-9-17(2,3)10-12-18/h6-8,13,16,19H,5,9-12,14H2,1-4H3. The topological polar surface area (TPSA) is 34.2 Å². The van der Waals surface area contributed by atoms with Crippen molar-refractivity contribution in [1.82, 2.24) is 10.3 Å². The fourth-order valence-corrected chi connectivity index (χ4v) is 3.46. The lowest BCUT2D eigenvalue weighted by Gasteiger charge is -2.47. The average molecular weight is 290 g/mol. The van der Waals surface area contributed by atoms with E-state index in [9.17, 15) is 0 Å². The molecule has 0 amide bonds. The maximum atomic E-state index is 6.07. The van der Waals surface area contributed by atoms with Crippen LogP contribution in [-0.2, 0) is 11.2 Å². The van der Waals surface area contributed by atoms with Gasteiger partial charge in [0, 0.05) is 31.5 Å². The normalized spacial score (nSPS) is 21.9. The summed E-state index contributed by atoms with van der Waals surface area (Å²) in [6.07, 6.45) is 7.52. The molecule has 1 heterocycles. The summed E-state index contributed by atoms with van der Waals surface area (Å²) in [5.41, 5.74) is 1.54. The molecule has 1 fully saturated rings. The van der Waals surface area contributed by atoms with Gasteiger partial charge < -0.3 is 10.1 Å². The Hall–Kier alpha value is -0.930. The third-order valence-corrected chi connectivity index (χ3v) is 5.08. The molecule has 1 N–H and O–H groups in total. The van der Waals surface area contributed by atoms with E-state index in [0.29, 0.717) is 11.5 Å². The van der Waals surface area contributed by atoms with Crippen LogP contribution in [0.15, 0.2) is 24.4 Å². The molecule has 1 aromatic rings. The molecule has 0 saturated heterocycles. The second-order valence-corrected chi connectivity index (χ2v) is 7.07. The lowest BCUT2D eigenvalue weighted by atomic mass is 9.67. The quantitative estimate of drug-likeness (QED) is 0.869. The average Bonchev–Trinajstić information content (AvgIpc) is 2.49. The summed E-state index contributed by atoms with van der Waals surface area (Å²) < 4.78 is 6.07. The van der Waals surface area contributed by atoms with Gasteiger partial charge in [0.2, 0.25) is 0 Å². The number of pyridine rings is 1. The monoisotopic (exact) mass is 290 g/mol. The van der Waals surface area contributed by atoms with E-state index in [-0.39, 0.29) is 5.60 Å².